The minimum absolute atomic E-state index is 0.0629. The molecule has 1 aliphatic heterocycles. The van der Waals surface area contributed by atoms with E-state index in [1.165, 1.54) is 0 Å². The Morgan fingerprint density at radius 3 is 2.84 bits per heavy atom. The van der Waals surface area contributed by atoms with Gasteiger partial charge in [-0.3, -0.25) is 0 Å². The van der Waals surface area contributed by atoms with Gasteiger partial charge in [0.25, 0.3) is 0 Å². The normalized spacial score (nSPS) is 19.2. The Balaban J connectivity index is 1.67. The Labute approximate surface area is 147 Å². The van der Waals surface area contributed by atoms with Crippen molar-refractivity contribution in [2.75, 3.05) is 18.1 Å². The zero-order chi connectivity index (χ0) is 18.2. The van der Waals surface area contributed by atoms with E-state index in [1.807, 2.05) is 43.7 Å². The number of carbonyl (C=O) groups excluding carboxylic acids is 1. The molecule has 0 radical (unpaired) electrons. The van der Waals surface area contributed by atoms with E-state index >= 15 is 0 Å². The topological polar surface area (TPSA) is 84.3 Å². The third-order valence-corrected chi connectivity index (χ3v) is 6.61. The molecule has 2 aromatic rings. The highest BCUT2D eigenvalue weighted by atomic mass is 32.2. The monoisotopic (exact) mass is 364 g/mol. The van der Waals surface area contributed by atoms with E-state index in [0.717, 1.165) is 22.4 Å². The van der Waals surface area contributed by atoms with Gasteiger partial charge < -0.3 is 14.8 Å². The molecule has 0 spiro atoms. The molecule has 1 aromatic heterocycles. The number of fused-ring (bicyclic) bond motifs is 1. The Morgan fingerprint density at radius 1 is 1.44 bits per heavy atom. The van der Waals surface area contributed by atoms with Crippen molar-refractivity contribution < 1.29 is 13.2 Å². The van der Waals surface area contributed by atoms with Gasteiger partial charge in [0.2, 0.25) is 0 Å². The van der Waals surface area contributed by atoms with Crippen molar-refractivity contribution >= 4 is 26.9 Å². The van der Waals surface area contributed by atoms with Crippen molar-refractivity contribution in [1.82, 2.24) is 19.8 Å². The SMILES string of the molecule is CCN(C(=O)NCc1ccc2c(c1)nc(C)n2C)[C@H]1CCS(=O)(=O)C1. The molecule has 1 atom stereocenters. The molecule has 2 heterocycles. The number of aryl methyl sites for hydroxylation is 2. The van der Waals surface area contributed by atoms with Gasteiger partial charge in [-0.15, -0.1) is 0 Å². The van der Waals surface area contributed by atoms with Gasteiger partial charge in [0, 0.05) is 26.2 Å². The van der Waals surface area contributed by atoms with E-state index in [0.29, 0.717) is 19.5 Å². The summed E-state index contributed by atoms with van der Waals surface area (Å²) in [7, 11) is -1.04. The minimum atomic E-state index is -3.01. The second-order valence-corrected chi connectivity index (χ2v) is 8.77. The molecule has 2 amide bonds. The highest BCUT2D eigenvalue weighted by molar-refractivity contribution is 7.91. The van der Waals surface area contributed by atoms with Crippen LogP contribution in [0.2, 0.25) is 0 Å². The van der Waals surface area contributed by atoms with Crippen molar-refractivity contribution in [1.29, 1.82) is 0 Å². The summed E-state index contributed by atoms with van der Waals surface area (Å²) in [5.41, 5.74) is 2.92. The number of imidazole rings is 1. The second-order valence-electron chi connectivity index (χ2n) is 6.54. The summed E-state index contributed by atoms with van der Waals surface area (Å²) in [4.78, 5) is 18.6. The molecule has 0 bridgehead atoms. The lowest BCUT2D eigenvalue weighted by Crippen LogP contribution is -2.46. The average Bonchev–Trinajstić information content (AvgIpc) is 3.05. The lowest BCUT2D eigenvalue weighted by Gasteiger charge is -2.27. The predicted octanol–water partition coefficient (Wildman–Crippen LogP) is 1.60. The number of urea groups is 1. The maximum absolute atomic E-state index is 12.5. The first-order valence-corrected chi connectivity index (χ1v) is 10.3. The molecule has 3 rings (SSSR count). The number of benzene rings is 1. The average molecular weight is 364 g/mol. The standard InChI is InChI=1S/C17H24N4O3S/c1-4-21(14-7-8-25(23,24)11-14)17(22)18-10-13-5-6-16-15(9-13)19-12(2)20(16)3/h5-6,9,14H,4,7-8,10-11H2,1-3H3,(H,18,22)/t14-/m0/s1. The zero-order valence-electron chi connectivity index (χ0n) is 14.8. The first-order valence-electron chi connectivity index (χ1n) is 8.47. The molecule has 1 fully saturated rings. The van der Waals surface area contributed by atoms with Crippen LogP contribution < -0.4 is 5.32 Å². The molecule has 1 saturated heterocycles. The highest BCUT2D eigenvalue weighted by Gasteiger charge is 2.33. The van der Waals surface area contributed by atoms with Gasteiger partial charge in [-0.05, 0) is 38.0 Å². The van der Waals surface area contributed by atoms with Crippen molar-refractivity contribution in [2.45, 2.75) is 32.9 Å². The smallest absolute Gasteiger partial charge is 0.317 e. The second kappa shape index (κ2) is 6.67. The summed E-state index contributed by atoms with van der Waals surface area (Å²) in [5, 5.41) is 2.90. The fourth-order valence-electron chi connectivity index (χ4n) is 3.34. The van der Waals surface area contributed by atoms with Crippen molar-refractivity contribution in [3.05, 3.63) is 29.6 Å². The number of carbonyl (C=O) groups is 1. The molecule has 1 aromatic carbocycles. The van der Waals surface area contributed by atoms with E-state index in [1.54, 1.807) is 4.90 Å². The molecule has 25 heavy (non-hydrogen) atoms. The molecule has 1 aliphatic rings. The summed E-state index contributed by atoms with van der Waals surface area (Å²) in [6.45, 7) is 4.70. The van der Waals surface area contributed by atoms with Crippen LogP contribution in [0.25, 0.3) is 11.0 Å². The first kappa shape index (κ1) is 17.7. The molecule has 7 nitrogen and oxygen atoms in total. The van der Waals surface area contributed by atoms with Crippen molar-refractivity contribution in [3.63, 3.8) is 0 Å². The third kappa shape index (κ3) is 3.63. The number of hydrogen-bond donors (Lipinski definition) is 1. The van der Waals surface area contributed by atoms with Gasteiger partial charge >= 0.3 is 6.03 Å². The molecule has 0 aliphatic carbocycles. The van der Waals surface area contributed by atoms with Crippen LogP contribution >= 0.6 is 0 Å². The number of rotatable bonds is 4. The summed E-state index contributed by atoms with van der Waals surface area (Å²) in [5.74, 6) is 1.17. The van der Waals surface area contributed by atoms with Gasteiger partial charge in [0.1, 0.15) is 5.82 Å². The van der Waals surface area contributed by atoms with Crippen molar-refractivity contribution in [3.8, 4) is 0 Å². The summed E-state index contributed by atoms with van der Waals surface area (Å²) in [6, 6.07) is 5.49. The predicted molar refractivity (Wildman–Crippen MR) is 97.1 cm³/mol. The fraction of sp³-hybridized carbons (Fsp3) is 0.529. The summed E-state index contributed by atoms with van der Waals surface area (Å²) < 4.78 is 25.3. The molecule has 0 saturated carbocycles. The molecule has 136 valence electrons. The van der Waals surface area contributed by atoms with Crippen LogP contribution in [0.15, 0.2) is 18.2 Å². The number of sulfone groups is 1. The van der Waals surface area contributed by atoms with E-state index in [-0.39, 0.29) is 23.6 Å². The number of nitrogens with one attached hydrogen (secondary N) is 1. The first-order chi connectivity index (χ1) is 11.8. The van der Waals surface area contributed by atoms with E-state index in [4.69, 9.17) is 0 Å². The van der Waals surface area contributed by atoms with Crippen LogP contribution in [0, 0.1) is 6.92 Å². The molecule has 8 heteroatoms. The largest absolute Gasteiger partial charge is 0.334 e. The third-order valence-electron chi connectivity index (χ3n) is 4.86. The zero-order valence-corrected chi connectivity index (χ0v) is 15.6. The van der Waals surface area contributed by atoms with Crippen LogP contribution in [0.3, 0.4) is 0 Å². The molecular weight excluding hydrogens is 340 g/mol. The van der Waals surface area contributed by atoms with Gasteiger partial charge in [-0.2, -0.15) is 0 Å². The highest BCUT2D eigenvalue weighted by Crippen LogP contribution is 2.19. The lowest BCUT2D eigenvalue weighted by molar-refractivity contribution is 0.183. The Hall–Kier alpha value is -2.09. The van der Waals surface area contributed by atoms with Gasteiger partial charge in [-0.25, -0.2) is 18.2 Å². The van der Waals surface area contributed by atoms with Gasteiger partial charge in [0.15, 0.2) is 9.84 Å². The summed E-state index contributed by atoms with van der Waals surface area (Å²) in [6.07, 6.45) is 0.517. The minimum Gasteiger partial charge on any atom is -0.334 e. The van der Waals surface area contributed by atoms with E-state index < -0.39 is 9.84 Å². The maximum Gasteiger partial charge on any atom is 0.317 e. The van der Waals surface area contributed by atoms with Crippen LogP contribution in [-0.2, 0) is 23.4 Å². The molecule has 0 unspecified atom stereocenters. The van der Waals surface area contributed by atoms with E-state index in [2.05, 4.69) is 10.3 Å². The Kier molecular flexibility index (Phi) is 4.73. The fourth-order valence-corrected chi connectivity index (χ4v) is 5.07. The van der Waals surface area contributed by atoms with Gasteiger partial charge in [0.05, 0.1) is 22.5 Å². The van der Waals surface area contributed by atoms with E-state index in [9.17, 15) is 13.2 Å². The lowest BCUT2D eigenvalue weighted by atomic mass is 10.2. The summed E-state index contributed by atoms with van der Waals surface area (Å²) >= 11 is 0. The number of nitrogens with zero attached hydrogens (tertiary/aromatic N) is 3. The number of amides is 2. The molecule has 1 N–H and O–H groups in total. The van der Waals surface area contributed by atoms with Crippen LogP contribution in [0.5, 0.6) is 0 Å². The number of aromatic nitrogens is 2. The van der Waals surface area contributed by atoms with Gasteiger partial charge in [-0.1, -0.05) is 6.07 Å². The molecular formula is C17H24N4O3S. The maximum atomic E-state index is 12.5. The van der Waals surface area contributed by atoms with Crippen LogP contribution in [0.1, 0.15) is 24.7 Å². The Morgan fingerprint density at radius 2 is 2.20 bits per heavy atom. The van der Waals surface area contributed by atoms with Crippen molar-refractivity contribution in [2.24, 2.45) is 7.05 Å². The number of hydrogen-bond acceptors (Lipinski definition) is 4. The quantitative estimate of drug-likeness (QED) is 0.893. The Bertz CT molecular complexity index is 904. The van der Waals surface area contributed by atoms with Crippen LogP contribution in [0.4, 0.5) is 4.79 Å². The van der Waals surface area contributed by atoms with Crippen LogP contribution in [-0.4, -0.2) is 53.0 Å².